The van der Waals surface area contributed by atoms with Crippen LogP contribution in [0.25, 0.3) is 0 Å². The summed E-state index contributed by atoms with van der Waals surface area (Å²) in [7, 11) is 0. The number of nitriles is 1. The maximum Gasteiger partial charge on any atom is 0.490 e. The van der Waals surface area contributed by atoms with Crippen LogP contribution in [0.1, 0.15) is 19.8 Å². The maximum absolute atomic E-state index is 10.6. The third-order valence-corrected chi connectivity index (χ3v) is 1.01. The average Bonchev–Trinajstić information content (AvgIpc) is 2.04. The average molecular weight is 212 g/mol. The second-order valence-electron chi connectivity index (χ2n) is 2.33. The van der Waals surface area contributed by atoms with Gasteiger partial charge in [0.25, 0.3) is 0 Å². The summed E-state index contributed by atoms with van der Waals surface area (Å²) in [5.41, 5.74) is 5.22. The molecule has 0 aliphatic carbocycles. The molecule has 0 spiro atoms. The van der Waals surface area contributed by atoms with Crippen LogP contribution in [-0.2, 0) is 4.79 Å². The van der Waals surface area contributed by atoms with Crippen molar-refractivity contribution >= 4 is 5.97 Å². The second kappa shape index (κ2) is 7.15. The summed E-state index contributed by atoms with van der Waals surface area (Å²) in [6.07, 6.45) is -3.27. The molecule has 7 heteroatoms. The molecule has 3 N–H and O–H groups in total. The van der Waals surface area contributed by atoms with Gasteiger partial charge >= 0.3 is 12.1 Å². The number of carboxylic acid groups (broad SMARTS) is 1. The highest BCUT2D eigenvalue weighted by atomic mass is 19.4. The van der Waals surface area contributed by atoms with Gasteiger partial charge < -0.3 is 10.8 Å². The van der Waals surface area contributed by atoms with Gasteiger partial charge in [-0.2, -0.15) is 18.4 Å². The molecule has 0 fully saturated rings. The lowest BCUT2D eigenvalue weighted by atomic mass is 10.2. The highest BCUT2D eigenvalue weighted by molar-refractivity contribution is 5.73. The van der Waals surface area contributed by atoms with Crippen LogP contribution in [0.2, 0.25) is 0 Å². The zero-order valence-electron chi connectivity index (χ0n) is 7.51. The first kappa shape index (κ1) is 15.2. The van der Waals surface area contributed by atoms with Gasteiger partial charge in [-0.05, 0) is 6.42 Å². The number of nitrogens with zero attached hydrogens (tertiary/aromatic N) is 1. The molecule has 0 amide bonds. The Morgan fingerprint density at radius 1 is 1.64 bits per heavy atom. The number of nitrogens with two attached hydrogens (primary N) is 1. The molecule has 0 saturated heterocycles. The van der Waals surface area contributed by atoms with E-state index in [9.17, 15) is 13.2 Å². The van der Waals surface area contributed by atoms with Crippen molar-refractivity contribution in [1.82, 2.24) is 0 Å². The van der Waals surface area contributed by atoms with Gasteiger partial charge in [-0.15, -0.1) is 0 Å². The van der Waals surface area contributed by atoms with Crippen molar-refractivity contribution in [2.75, 3.05) is 0 Å². The molecule has 0 saturated carbocycles. The SMILES string of the molecule is CCCC(N)C#N.O=C(O)C(F)(F)F. The van der Waals surface area contributed by atoms with Gasteiger partial charge in [0.2, 0.25) is 0 Å². The molecule has 0 bridgehead atoms. The summed E-state index contributed by atoms with van der Waals surface area (Å²) in [6.45, 7) is 2.01. The first-order valence-corrected chi connectivity index (χ1v) is 3.71. The fraction of sp³-hybridized carbons (Fsp3) is 0.714. The quantitative estimate of drug-likeness (QED) is 0.721. The van der Waals surface area contributed by atoms with Crippen molar-refractivity contribution in [3.63, 3.8) is 0 Å². The molecule has 14 heavy (non-hydrogen) atoms. The molecule has 0 heterocycles. The summed E-state index contributed by atoms with van der Waals surface area (Å²) in [4.78, 5) is 8.90. The van der Waals surface area contributed by atoms with Gasteiger partial charge in [0.05, 0.1) is 12.1 Å². The van der Waals surface area contributed by atoms with Crippen LogP contribution in [0.4, 0.5) is 13.2 Å². The van der Waals surface area contributed by atoms with E-state index < -0.39 is 12.1 Å². The summed E-state index contributed by atoms with van der Waals surface area (Å²) in [6, 6.07) is 1.70. The van der Waals surface area contributed by atoms with Crippen molar-refractivity contribution in [2.45, 2.75) is 32.0 Å². The first-order chi connectivity index (χ1) is 6.25. The number of carboxylic acids is 1. The van der Waals surface area contributed by atoms with E-state index in [-0.39, 0.29) is 6.04 Å². The van der Waals surface area contributed by atoms with E-state index in [0.29, 0.717) is 0 Å². The molecule has 0 aromatic rings. The Morgan fingerprint density at radius 2 is 2.00 bits per heavy atom. The lowest BCUT2D eigenvalue weighted by Crippen LogP contribution is -2.21. The number of rotatable bonds is 2. The highest BCUT2D eigenvalue weighted by Crippen LogP contribution is 2.13. The van der Waals surface area contributed by atoms with E-state index in [1.165, 1.54) is 0 Å². The number of halogens is 3. The van der Waals surface area contributed by atoms with Crippen LogP contribution in [-0.4, -0.2) is 23.3 Å². The minimum absolute atomic E-state index is 0.245. The Kier molecular flexibility index (Phi) is 7.76. The van der Waals surface area contributed by atoms with Gasteiger partial charge in [0.1, 0.15) is 0 Å². The van der Waals surface area contributed by atoms with Crippen LogP contribution in [0.5, 0.6) is 0 Å². The largest absolute Gasteiger partial charge is 0.490 e. The first-order valence-electron chi connectivity index (χ1n) is 3.71. The molecule has 0 rings (SSSR count). The fourth-order valence-corrected chi connectivity index (χ4v) is 0.376. The van der Waals surface area contributed by atoms with Crippen molar-refractivity contribution in [3.8, 4) is 6.07 Å². The van der Waals surface area contributed by atoms with Crippen molar-refractivity contribution < 1.29 is 23.1 Å². The van der Waals surface area contributed by atoms with E-state index in [0.717, 1.165) is 12.8 Å². The molecular weight excluding hydrogens is 201 g/mol. The van der Waals surface area contributed by atoms with Crippen LogP contribution >= 0.6 is 0 Å². The molecule has 0 aromatic heterocycles. The van der Waals surface area contributed by atoms with Crippen LogP contribution < -0.4 is 5.73 Å². The molecule has 0 aliphatic heterocycles. The molecule has 0 radical (unpaired) electrons. The monoisotopic (exact) mass is 212 g/mol. The van der Waals surface area contributed by atoms with Gasteiger partial charge in [0.15, 0.2) is 0 Å². The number of hydrogen-bond acceptors (Lipinski definition) is 3. The number of carbonyl (C=O) groups is 1. The lowest BCUT2D eigenvalue weighted by molar-refractivity contribution is -0.192. The van der Waals surface area contributed by atoms with Crippen LogP contribution in [0.15, 0.2) is 0 Å². The fourth-order valence-electron chi connectivity index (χ4n) is 0.376. The van der Waals surface area contributed by atoms with Gasteiger partial charge in [-0.25, -0.2) is 4.79 Å². The highest BCUT2D eigenvalue weighted by Gasteiger charge is 2.38. The van der Waals surface area contributed by atoms with E-state index >= 15 is 0 Å². The topological polar surface area (TPSA) is 87.1 Å². The minimum atomic E-state index is -5.08. The molecule has 0 aromatic carbocycles. The number of hydrogen-bond donors (Lipinski definition) is 2. The second-order valence-corrected chi connectivity index (χ2v) is 2.33. The Bertz CT molecular complexity index is 210. The van der Waals surface area contributed by atoms with Gasteiger partial charge in [-0.1, -0.05) is 13.3 Å². The summed E-state index contributed by atoms with van der Waals surface area (Å²) < 4.78 is 31.7. The summed E-state index contributed by atoms with van der Waals surface area (Å²) >= 11 is 0. The summed E-state index contributed by atoms with van der Waals surface area (Å²) in [5, 5.41) is 15.2. The Labute approximate surface area is 79.1 Å². The van der Waals surface area contributed by atoms with E-state index in [2.05, 4.69) is 0 Å². The molecule has 0 aliphatic rings. The summed E-state index contributed by atoms with van der Waals surface area (Å²) in [5.74, 6) is -2.76. The standard InChI is InChI=1S/C5H10N2.C2HF3O2/c1-2-3-5(7)4-6;3-2(4,5)1(6)7/h5H,2-3,7H2,1H3;(H,6,7). The third-order valence-electron chi connectivity index (χ3n) is 1.01. The van der Waals surface area contributed by atoms with Crippen molar-refractivity contribution in [1.29, 1.82) is 5.26 Å². The predicted molar refractivity (Wildman–Crippen MR) is 42.2 cm³/mol. The molecule has 82 valence electrons. The third kappa shape index (κ3) is 10.7. The zero-order valence-corrected chi connectivity index (χ0v) is 7.51. The van der Waals surface area contributed by atoms with Crippen LogP contribution in [0, 0.1) is 11.3 Å². The smallest absolute Gasteiger partial charge is 0.475 e. The van der Waals surface area contributed by atoms with Gasteiger partial charge in [-0.3, -0.25) is 0 Å². The Hall–Kier alpha value is -1.29. The number of aliphatic carboxylic acids is 1. The molecular formula is C7H11F3N2O2. The minimum Gasteiger partial charge on any atom is -0.475 e. The Morgan fingerprint density at radius 3 is 2.07 bits per heavy atom. The lowest BCUT2D eigenvalue weighted by Gasteiger charge is -1.93. The van der Waals surface area contributed by atoms with E-state index in [1.54, 1.807) is 0 Å². The van der Waals surface area contributed by atoms with Crippen molar-refractivity contribution in [3.05, 3.63) is 0 Å². The molecule has 1 unspecified atom stereocenters. The van der Waals surface area contributed by atoms with E-state index in [4.69, 9.17) is 20.9 Å². The molecule has 4 nitrogen and oxygen atoms in total. The predicted octanol–water partition coefficient (Wildman–Crippen LogP) is 1.27. The molecule has 1 atom stereocenters. The van der Waals surface area contributed by atoms with Gasteiger partial charge in [0, 0.05) is 0 Å². The van der Waals surface area contributed by atoms with E-state index in [1.807, 2.05) is 13.0 Å². The Balaban J connectivity index is 0. The van der Waals surface area contributed by atoms with Crippen molar-refractivity contribution in [2.24, 2.45) is 5.73 Å². The zero-order chi connectivity index (χ0) is 11.8. The normalized spacial score (nSPS) is 12.0. The number of alkyl halides is 3. The maximum atomic E-state index is 10.6. The van der Waals surface area contributed by atoms with Crippen LogP contribution in [0.3, 0.4) is 0 Å².